The SMILES string of the molecule is CC(C)CCN1CC(C)NC(CO)C1. The predicted octanol–water partition coefficient (Wildman–Crippen LogP) is 0.687. The van der Waals surface area contributed by atoms with E-state index in [0.29, 0.717) is 6.04 Å². The van der Waals surface area contributed by atoms with E-state index in [0.717, 1.165) is 19.0 Å². The number of aliphatic hydroxyl groups is 1. The Hall–Kier alpha value is -0.120. The lowest BCUT2D eigenvalue weighted by Gasteiger charge is -2.37. The van der Waals surface area contributed by atoms with Crippen molar-refractivity contribution in [1.82, 2.24) is 10.2 Å². The summed E-state index contributed by atoms with van der Waals surface area (Å²) >= 11 is 0. The molecule has 0 saturated carbocycles. The zero-order chi connectivity index (χ0) is 10.6. The maximum atomic E-state index is 9.11. The first-order chi connectivity index (χ1) is 6.61. The van der Waals surface area contributed by atoms with Gasteiger partial charge in [0, 0.05) is 25.2 Å². The van der Waals surface area contributed by atoms with Crippen LogP contribution in [-0.2, 0) is 0 Å². The van der Waals surface area contributed by atoms with Gasteiger partial charge in [0.25, 0.3) is 0 Å². The number of nitrogens with one attached hydrogen (secondary N) is 1. The van der Waals surface area contributed by atoms with Crippen molar-refractivity contribution in [3.05, 3.63) is 0 Å². The third kappa shape index (κ3) is 3.95. The lowest BCUT2D eigenvalue weighted by Crippen LogP contribution is -2.56. The van der Waals surface area contributed by atoms with E-state index in [-0.39, 0.29) is 12.6 Å². The van der Waals surface area contributed by atoms with E-state index >= 15 is 0 Å². The van der Waals surface area contributed by atoms with Crippen LogP contribution in [0.1, 0.15) is 27.2 Å². The Morgan fingerprint density at radius 3 is 2.71 bits per heavy atom. The van der Waals surface area contributed by atoms with Gasteiger partial charge in [-0.25, -0.2) is 0 Å². The van der Waals surface area contributed by atoms with Crippen molar-refractivity contribution < 1.29 is 5.11 Å². The number of piperazine rings is 1. The number of rotatable bonds is 4. The zero-order valence-electron chi connectivity index (χ0n) is 9.66. The highest BCUT2D eigenvalue weighted by molar-refractivity contribution is 4.83. The molecule has 3 heteroatoms. The zero-order valence-corrected chi connectivity index (χ0v) is 9.66. The van der Waals surface area contributed by atoms with Gasteiger partial charge in [-0.15, -0.1) is 0 Å². The molecule has 2 unspecified atom stereocenters. The molecule has 2 N–H and O–H groups in total. The van der Waals surface area contributed by atoms with Crippen LogP contribution in [0.25, 0.3) is 0 Å². The molecule has 0 aromatic rings. The van der Waals surface area contributed by atoms with Crippen LogP contribution in [0.5, 0.6) is 0 Å². The summed E-state index contributed by atoms with van der Waals surface area (Å²) < 4.78 is 0. The van der Waals surface area contributed by atoms with Gasteiger partial charge in [-0.3, -0.25) is 0 Å². The summed E-state index contributed by atoms with van der Waals surface area (Å²) in [7, 11) is 0. The normalized spacial score (nSPS) is 29.8. The molecule has 1 saturated heterocycles. The predicted molar refractivity (Wildman–Crippen MR) is 59.4 cm³/mol. The highest BCUT2D eigenvalue weighted by Crippen LogP contribution is 2.07. The maximum Gasteiger partial charge on any atom is 0.0597 e. The molecule has 0 spiro atoms. The van der Waals surface area contributed by atoms with Crippen LogP contribution >= 0.6 is 0 Å². The van der Waals surface area contributed by atoms with Gasteiger partial charge in [-0.1, -0.05) is 13.8 Å². The Bertz CT molecular complexity index is 161. The van der Waals surface area contributed by atoms with E-state index in [9.17, 15) is 0 Å². The largest absolute Gasteiger partial charge is 0.395 e. The summed E-state index contributed by atoms with van der Waals surface area (Å²) in [4.78, 5) is 2.46. The lowest BCUT2D eigenvalue weighted by atomic mass is 10.1. The van der Waals surface area contributed by atoms with Gasteiger partial charge >= 0.3 is 0 Å². The minimum absolute atomic E-state index is 0.252. The van der Waals surface area contributed by atoms with Crippen molar-refractivity contribution in [2.45, 2.75) is 39.3 Å². The number of nitrogens with zero attached hydrogens (tertiary/aromatic N) is 1. The Morgan fingerprint density at radius 2 is 2.14 bits per heavy atom. The fourth-order valence-corrected chi connectivity index (χ4v) is 2.02. The molecule has 1 heterocycles. The molecular weight excluding hydrogens is 176 g/mol. The summed E-state index contributed by atoms with van der Waals surface area (Å²) in [5.74, 6) is 0.771. The topological polar surface area (TPSA) is 35.5 Å². The maximum absolute atomic E-state index is 9.11. The molecule has 0 radical (unpaired) electrons. The molecule has 0 aliphatic carbocycles. The van der Waals surface area contributed by atoms with Crippen molar-refractivity contribution in [3.63, 3.8) is 0 Å². The standard InChI is InChI=1S/C11H24N2O/c1-9(2)4-5-13-6-10(3)12-11(7-13)8-14/h9-12,14H,4-8H2,1-3H3. The summed E-state index contributed by atoms with van der Waals surface area (Å²) in [6, 6.07) is 0.777. The Balaban J connectivity index is 2.30. The Kier molecular flexibility index (Phi) is 4.85. The molecule has 14 heavy (non-hydrogen) atoms. The van der Waals surface area contributed by atoms with Crippen LogP contribution in [0.4, 0.5) is 0 Å². The highest BCUT2D eigenvalue weighted by Gasteiger charge is 2.22. The van der Waals surface area contributed by atoms with Crippen LogP contribution in [0.3, 0.4) is 0 Å². The van der Waals surface area contributed by atoms with Crippen LogP contribution in [0.2, 0.25) is 0 Å². The van der Waals surface area contributed by atoms with Crippen molar-refractivity contribution >= 4 is 0 Å². The fourth-order valence-electron chi connectivity index (χ4n) is 2.02. The van der Waals surface area contributed by atoms with Gasteiger partial charge in [0.2, 0.25) is 0 Å². The minimum Gasteiger partial charge on any atom is -0.395 e. The van der Waals surface area contributed by atoms with Gasteiger partial charge in [-0.2, -0.15) is 0 Å². The third-order valence-corrected chi connectivity index (χ3v) is 2.77. The van der Waals surface area contributed by atoms with Crippen molar-refractivity contribution in [2.24, 2.45) is 5.92 Å². The average molecular weight is 200 g/mol. The van der Waals surface area contributed by atoms with Gasteiger partial charge in [0.15, 0.2) is 0 Å². The molecule has 1 aliphatic rings. The molecule has 1 aliphatic heterocycles. The molecule has 0 amide bonds. The first kappa shape index (κ1) is 12.0. The quantitative estimate of drug-likeness (QED) is 0.701. The van der Waals surface area contributed by atoms with Gasteiger partial charge < -0.3 is 15.3 Å². The molecule has 0 aromatic heterocycles. The van der Waals surface area contributed by atoms with Crippen LogP contribution in [-0.4, -0.2) is 48.3 Å². The van der Waals surface area contributed by atoms with Gasteiger partial charge in [-0.05, 0) is 25.8 Å². The van der Waals surface area contributed by atoms with Crippen LogP contribution < -0.4 is 5.32 Å². The highest BCUT2D eigenvalue weighted by atomic mass is 16.3. The molecule has 84 valence electrons. The second-order valence-corrected chi connectivity index (χ2v) is 4.89. The number of hydrogen-bond acceptors (Lipinski definition) is 3. The average Bonchev–Trinajstić information content (AvgIpc) is 2.14. The Labute approximate surface area is 87.5 Å². The van der Waals surface area contributed by atoms with E-state index in [1.807, 2.05) is 0 Å². The first-order valence-electron chi connectivity index (χ1n) is 5.71. The summed E-state index contributed by atoms with van der Waals surface area (Å²) in [6.45, 7) is 10.2. The molecule has 0 aromatic carbocycles. The summed E-state index contributed by atoms with van der Waals surface area (Å²) in [5.41, 5.74) is 0. The van der Waals surface area contributed by atoms with Crippen molar-refractivity contribution in [3.8, 4) is 0 Å². The van der Waals surface area contributed by atoms with E-state index in [4.69, 9.17) is 5.11 Å². The fraction of sp³-hybridized carbons (Fsp3) is 1.00. The molecule has 3 nitrogen and oxygen atoms in total. The number of aliphatic hydroxyl groups excluding tert-OH is 1. The lowest BCUT2D eigenvalue weighted by molar-refractivity contribution is 0.120. The molecule has 1 rings (SSSR count). The van der Waals surface area contributed by atoms with Crippen molar-refractivity contribution in [2.75, 3.05) is 26.2 Å². The molecular formula is C11H24N2O. The third-order valence-electron chi connectivity index (χ3n) is 2.77. The van der Waals surface area contributed by atoms with Crippen LogP contribution in [0.15, 0.2) is 0 Å². The van der Waals surface area contributed by atoms with Gasteiger partial charge in [0.05, 0.1) is 6.61 Å². The Morgan fingerprint density at radius 1 is 1.43 bits per heavy atom. The van der Waals surface area contributed by atoms with E-state index in [1.165, 1.54) is 13.0 Å². The summed E-state index contributed by atoms with van der Waals surface area (Å²) in [6.07, 6.45) is 1.25. The molecule has 2 atom stereocenters. The molecule has 1 fully saturated rings. The van der Waals surface area contributed by atoms with E-state index < -0.39 is 0 Å². The summed E-state index contributed by atoms with van der Waals surface area (Å²) in [5, 5.41) is 12.5. The minimum atomic E-state index is 0.252. The second kappa shape index (κ2) is 5.69. The van der Waals surface area contributed by atoms with Crippen LogP contribution in [0, 0.1) is 5.92 Å². The van der Waals surface area contributed by atoms with E-state index in [2.05, 4.69) is 31.0 Å². The molecule has 0 bridgehead atoms. The van der Waals surface area contributed by atoms with E-state index in [1.54, 1.807) is 0 Å². The smallest absolute Gasteiger partial charge is 0.0597 e. The van der Waals surface area contributed by atoms with Crippen molar-refractivity contribution in [1.29, 1.82) is 0 Å². The first-order valence-corrected chi connectivity index (χ1v) is 5.71. The monoisotopic (exact) mass is 200 g/mol. The van der Waals surface area contributed by atoms with Gasteiger partial charge in [0.1, 0.15) is 0 Å². The second-order valence-electron chi connectivity index (χ2n) is 4.89. The number of hydrogen-bond donors (Lipinski definition) is 2.